The molecule has 11 heteroatoms. The van der Waals surface area contributed by atoms with Gasteiger partial charge in [0.2, 0.25) is 0 Å². The minimum absolute atomic E-state index is 0.0112. The molecule has 0 aliphatic heterocycles. The Bertz CT molecular complexity index is 1280. The molecule has 2 N–H and O–H groups in total. The van der Waals surface area contributed by atoms with E-state index < -0.39 is 32.5 Å². The van der Waals surface area contributed by atoms with Crippen molar-refractivity contribution in [1.29, 1.82) is 0 Å². The lowest BCUT2D eigenvalue weighted by molar-refractivity contribution is -0.870. The topological polar surface area (TPSA) is 129 Å². The first-order chi connectivity index (χ1) is 29.4. The molecule has 0 saturated heterocycles. The predicted molar refractivity (Wildman–Crippen MR) is 253 cm³/mol. The third kappa shape index (κ3) is 45.3. The fourth-order valence-electron chi connectivity index (χ4n) is 5.96. The van der Waals surface area contributed by atoms with Crippen molar-refractivity contribution in [2.24, 2.45) is 0 Å². The number of carbonyl (C=O) groups excluding carboxylic acids is 2. The number of phosphoric ester groups is 1. The van der Waals surface area contributed by atoms with Gasteiger partial charge < -0.3 is 24.0 Å². The van der Waals surface area contributed by atoms with Gasteiger partial charge in [-0.2, -0.15) is 0 Å². The van der Waals surface area contributed by atoms with Gasteiger partial charge in [-0.15, -0.1) is 0 Å². The summed E-state index contributed by atoms with van der Waals surface area (Å²) >= 11 is 0. The second kappa shape index (κ2) is 41.4. The van der Waals surface area contributed by atoms with Crippen LogP contribution in [0.1, 0.15) is 174 Å². The zero-order chi connectivity index (χ0) is 45.1. The predicted octanol–water partition coefficient (Wildman–Crippen LogP) is 12.8. The van der Waals surface area contributed by atoms with E-state index in [0.29, 0.717) is 23.9 Å². The molecule has 0 heterocycles. The smallest absolute Gasteiger partial charge is 0.462 e. The molecule has 0 aromatic heterocycles. The number of carbonyl (C=O) groups is 2. The molecule has 0 aliphatic rings. The highest BCUT2D eigenvalue weighted by molar-refractivity contribution is 7.47. The van der Waals surface area contributed by atoms with E-state index in [-0.39, 0.29) is 32.2 Å². The molecule has 0 bridgehead atoms. The lowest BCUT2D eigenvalue weighted by atomic mass is 10.1. The molecule has 0 rings (SSSR count). The average molecular weight is 879 g/mol. The zero-order valence-electron chi connectivity index (χ0n) is 39.2. The van der Waals surface area contributed by atoms with Crippen molar-refractivity contribution in [3.63, 3.8) is 0 Å². The number of esters is 2. The fourth-order valence-corrected chi connectivity index (χ4v) is 6.70. The largest absolute Gasteiger partial charge is 0.472 e. The minimum Gasteiger partial charge on any atom is -0.462 e. The molecule has 61 heavy (non-hydrogen) atoms. The molecule has 0 radical (unpaired) electrons. The van der Waals surface area contributed by atoms with Gasteiger partial charge in [-0.25, -0.2) is 4.57 Å². The Morgan fingerprint density at radius 3 is 1.56 bits per heavy atom. The summed E-state index contributed by atoms with van der Waals surface area (Å²) in [5, 5.41) is 9.58. The molecular formula is C50H89NO9P+. The van der Waals surface area contributed by atoms with Gasteiger partial charge in [0.05, 0.1) is 33.9 Å². The van der Waals surface area contributed by atoms with Crippen LogP contribution in [-0.2, 0) is 32.7 Å². The molecule has 10 nitrogen and oxygen atoms in total. The minimum atomic E-state index is -4.41. The number of aliphatic hydroxyl groups is 1. The van der Waals surface area contributed by atoms with E-state index in [9.17, 15) is 24.2 Å². The molecule has 0 aromatic carbocycles. The second-order valence-corrected chi connectivity index (χ2v) is 18.4. The van der Waals surface area contributed by atoms with Gasteiger partial charge >= 0.3 is 19.8 Å². The summed E-state index contributed by atoms with van der Waals surface area (Å²) in [5.41, 5.74) is 0. The van der Waals surface area contributed by atoms with Crippen LogP contribution in [0.2, 0.25) is 0 Å². The number of allylic oxidation sites excluding steroid dienone is 12. The quantitative estimate of drug-likeness (QED) is 0.0202. The second-order valence-electron chi connectivity index (χ2n) is 16.9. The van der Waals surface area contributed by atoms with Crippen LogP contribution >= 0.6 is 7.82 Å². The number of unbranched alkanes of at least 4 members (excludes halogenated alkanes) is 13. The summed E-state index contributed by atoms with van der Waals surface area (Å²) in [4.78, 5) is 35.4. The lowest BCUT2D eigenvalue weighted by Gasteiger charge is -2.24. The number of rotatable bonds is 42. The molecule has 0 spiro atoms. The Balaban J connectivity index is 4.42. The number of quaternary nitrogens is 1. The van der Waals surface area contributed by atoms with E-state index in [4.69, 9.17) is 18.5 Å². The van der Waals surface area contributed by atoms with Crippen LogP contribution in [0.4, 0.5) is 0 Å². The van der Waals surface area contributed by atoms with Crippen LogP contribution in [-0.4, -0.2) is 86.1 Å². The van der Waals surface area contributed by atoms with Crippen molar-refractivity contribution < 1.29 is 47.2 Å². The SMILES string of the molecule is CCCCC/C=C\C/C=C\CCCCCCCCCCCC(=O)OC[C@H](COP(=O)(O)OCC[N+](C)(C)C)OC(=O)CCC/C=C\C/C=C\C/C=C\C/C=C\CC[C@H](O)CC. The highest BCUT2D eigenvalue weighted by Gasteiger charge is 2.27. The van der Waals surface area contributed by atoms with Crippen molar-refractivity contribution in [3.8, 4) is 0 Å². The summed E-state index contributed by atoms with van der Waals surface area (Å²) in [6, 6.07) is 0. The van der Waals surface area contributed by atoms with E-state index in [1.54, 1.807) is 0 Å². The molecule has 0 aromatic rings. The van der Waals surface area contributed by atoms with Crippen LogP contribution in [0.5, 0.6) is 0 Å². The van der Waals surface area contributed by atoms with Gasteiger partial charge in [0.1, 0.15) is 19.8 Å². The zero-order valence-corrected chi connectivity index (χ0v) is 40.1. The van der Waals surface area contributed by atoms with Gasteiger partial charge in [0.25, 0.3) is 0 Å². The number of ether oxygens (including phenoxy) is 2. The van der Waals surface area contributed by atoms with Gasteiger partial charge in [-0.3, -0.25) is 18.6 Å². The number of phosphoric acid groups is 1. The number of aliphatic hydroxyl groups excluding tert-OH is 1. The lowest BCUT2D eigenvalue weighted by Crippen LogP contribution is -2.37. The number of hydrogen-bond donors (Lipinski definition) is 2. The van der Waals surface area contributed by atoms with Crippen LogP contribution in [0, 0.1) is 0 Å². The summed E-state index contributed by atoms with van der Waals surface area (Å²) in [5.74, 6) is -0.891. The van der Waals surface area contributed by atoms with E-state index in [0.717, 1.165) is 77.0 Å². The van der Waals surface area contributed by atoms with Crippen LogP contribution in [0.25, 0.3) is 0 Å². The Labute approximate surface area is 372 Å². The van der Waals surface area contributed by atoms with Crippen molar-refractivity contribution in [2.45, 2.75) is 187 Å². The highest BCUT2D eigenvalue weighted by Crippen LogP contribution is 2.43. The van der Waals surface area contributed by atoms with Crippen molar-refractivity contribution in [2.75, 3.05) is 47.5 Å². The van der Waals surface area contributed by atoms with E-state index in [1.165, 1.54) is 57.8 Å². The molecule has 0 aliphatic carbocycles. The molecule has 0 amide bonds. The van der Waals surface area contributed by atoms with Crippen molar-refractivity contribution >= 4 is 19.8 Å². The Kier molecular flexibility index (Phi) is 39.7. The van der Waals surface area contributed by atoms with E-state index >= 15 is 0 Å². The van der Waals surface area contributed by atoms with Crippen molar-refractivity contribution in [1.82, 2.24) is 0 Å². The number of likely N-dealkylation sites (N-methyl/N-ethyl adjacent to an activating group) is 1. The summed E-state index contributed by atoms with van der Waals surface area (Å²) < 4.78 is 34.3. The third-order valence-electron chi connectivity index (χ3n) is 9.87. The van der Waals surface area contributed by atoms with Gasteiger partial charge in [-0.05, 0) is 89.9 Å². The Morgan fingerprint density at radius 1 is 0.574 bits per heavy atom. The standard InChI is InChI=1S/C50H88NO9P/c1-6-8-9-10-11-12-13-14-15-16-17-18-19-23-26-29-32-35-38-41-49(53)57-45-48(46-59-61(55,56)58-44-43-51(3,4)5)60-50(54)42-39-36-33-30-27-24-21-20-22-25-28-31-34-37-40-47(52)7-2/h11-12,14-15,21-22,24-25,30-31,33-34,47-48,52H,6-10,13,16-20,23,26-29,32,35-46H2,1-5H3/p+1/b12-11-,15-14-,24-21-,25-22-,33-30-,34-31-/t47-,48-/m1/s1. The molecular weight excluding hydrogens is 790 g/mol. The Hall–Kier alpha value is -2.59. The fraction of sp³-hybridized carbons (Fsp3) is 0.720. The first-order valence-electron chi connectivity index (χ1n) is 23.7. The highest BCUT2D eigenvalue weighted by atomic mass is 31.2. The van der Waals surface area contributed by atoms with Crippen LogP contribution < -0.4 is 0 Å². The molecule has 0 saturated carbocycles. The maximum atomic E-state index is 12.7. The molecule has 0 fully saturated rings. The first kappa shape index (κ1) is 58.4. The first-order valence-corrected chi connectivity index (χ1v) is 25.2. The van der Waals surface area contributed by atoms with Gasteiger partial charge in [-0.1, -0.05) is 145 Å². The van der Waals surface area contributed by atoms with E-state index in [2.05, 4.69) is 73.8 Å². The summed E-state index contributed by atoms with van der Waals surface area (Å²) in [6.07, 6.45) is 49.0. The van der Waals surface area contributed by atoms with Gasteiger partial charge in [0, 0.05) is 12.8 Å². The number of nitrogens with zero attached hydrogens (tertiary/aromatic N) is 1. The maximum Gasteiger partial charge on any atom is 0.472 e. The summed E-state index contributed by atoms with van der Waals surface area (Å²) in [6.45, 7) is 4.03. The van der Waals surface area contributed by atoms with E-state index in [1.807, 2.05) is 34.1 Å². The van der Waals surface area contributed by atoms with Crippen LogP contribution in [0.3, 0.4) is 0 Å². The molecule has 3 atom stereocenters. The van der Waals surface area contributed by atoms with Crippen molar-refractivity contribution in [3.05, 3.63) is 72.9 Å². The average Bonchev–Trinajstić information content (AvgIpc) is 3.21. The number of hydrogen-bond acceptors (Lipinski definition) is 8. The molecule has 1 unspecified atom stereocenters. The Morgan fingerprint density at radius 2 is 1.03 bits per heavy atom. The molecule has 352 valence electrons. The third-order valence-corrected chi connectivity index (χ3v) is 10.9. The van der Waals surface area contributed by atoms with Gasteiger partial charge in [0.15, 0.2) is 6.10 Å². The maximum absolute atomic E-state index is 12.7. The van der Waals surface area contributed by atoms with Crippen LogP contribution in [0.15, 0.2) is 72.9 Å². The normalized spacial score (nSPS) is 14.7. The monoisotopic (exact) mass is 879 g/mol. The summed E-state index contributed by atoms with van der Waals surface area (Å²) in [7, 11) is 1.41.